The largest absolute Gasteiger partial charge is 0.392 e. The van der Waals surface area contributed by atoms with Gasteiger partial charge in [-0.1, -0.05) is 24.3 Å². The van der Waals surface area contributed by atoms with E-state index in [0.29, 0.717) is 11.1 Å². The summed E-state index contributed by atoms with van der Waals surface area (Å²) in [6.45, 7) is 0.688. The lowest BCUT2D eigenvalue weighted by molar-refractivity contribution is 0.0222. The summed E-state index contributed by atoms with van der Waals surface area (Å²) < 4.78 is 25.3. The number of aliphatic hydroxyl groups is 1. The molecule has 0 aliphatic rings. The van der Waals surface area contributed by atoms with Crippen LogP contribution in [0.2, 0.25) is 0 Å². The fraction of sp³-hybridized carbons (Fsp3) is 0.400. The standard InChI is InChI=1S/C10H12F2O/c1-10(11,12)6-8-4-2-3-5-9(8)7-13/h2-5,13H,6-7H2,1H3. The maximum atomic E-state index is 12.6. The van der Waals surface area contributed by atoms with E-state index in [-0.39, 0.29) is 13.0 Å². The van der Waals surface area contributed by atoms with Crippen LogP contribution in [0.1, 0.15) is 18.1 Å². The van der Waals surface area contributed by atoms with Gasteiger partial charge >= 0.3 is 0 Å². The molecule has 0 amide bonds. The summed E-state index contributed by atoms with van der Waals surface area (Å²) in [5.74, 6) is -2.72. The van der Waals surface area contributed by atoms with E-state index < -0.39 is 5.92 Å². The van der Waals surface area contributed by atoms with Crippen LogP contribution in [0, 0.1) is 0 Å². The van der Waals surface area contributed by atoms with Crippen molar-refractivity contribution in [1.82, 2.24) is 0 Å². The summed E-state index contributed by atoms with van der Waals surface area (Å²) in [4.78, 5) is 0. The summed E-state index contributed by atoms with van der Waals surface area (Å²) in [6, 6.07) is 6.69. The molecule has 1 aromatic rings. The number of rotatable bonds is 3. The molecule has 72 valence electrons. The highest BCUT2D eigenvalue weighted by Gasteiger charge is 2.22. The molecule has 1 nitrogen and oxygen atoms in total. The Hall–Kier alpha value is -0.960. The van der Waals surface area contributed by atoms with Gasteiger partial charge in [-0.2, -0.15) is 0 Å². The van der Waals surface area contributed by atoms with Gasteiger partial charge in [-0.3, -0.25) is 0 Å². The van der Waals surface area contributed by atoms with Gasteiger partial charge in [-0.15, -0.1) is 0 Å². The number of alkyl halides is 2. The van der Waals surface area contributed by atoms with E-state index in [2.05, 4.69) is 0 Å². The molecule has 0 unspecified atom stereocenters. The third-order valence-electron chi connectivity index (χ3n) is 1.79. The first kappa shape index (κ1) is 10.1. The van der Waals surface area contributed by atoms with Gasteiger partial charge in [0.15, 0.2) is 0 Å². The first-order valence-electron chi connectivity index (χ1n) is 4.08. The minimum absolute atomic E-state index is 0.188. The van der Waals surface area contributed by atoms with E-state index in [4.69, 9.17) is 5.11 Å². The van der Waals surface area contributed by atoms with Crippen LogP contribution in [0.4, 0.5) is 8.78 Å². The quantitative estimate of drug-likeness (QED) is 0.768. The summed E-state index contributed by atoms with van der Waals surface area (Å²) >= 11 is 0. The van der Waals surface area contributed by atoms with Crippen LogP contribution in [-0.2, 0) is 13.0 Å². The summed E-state index contributed by atoms with van der Waals surface area (Å²) in [5.41, 5.74) is 1.08. The van der Waals surface area contributed by atoms with Crippen LogP contribution < -0.4 is 0 Å². The number of halogens is 2. The number of hydrogen-bond acceptors (Lipinski definition) is 1. The van der Waals surface area contributed by atoms with Crippen molar-refractivity contribution in [3.63, 3.8) is 0 Å². The second-order valence-electron chi connectivity index (χ2n) is 3.17. The molecule has 1 rings (SSSR count). The first-order valence-corrected chi connectivity index (χ1v) is 4.08. The van der Waals surface area contributed by atoms with Crippen molar-refractivity contribution in [3.8, 4) is 0 Å². The Bertz CT molecular complexity index is 278. The molecule has 0 aromatic heterocycles. The van der Waals surface area contributed by atoms with Crippen molar-refractivity contribution in [2.45, 2.75) is 25.9 Å². The highest BCUT2D eigenvalue weighted by molar-refractivity contribution is 5.27. The lowest BCUT2D eigenvalue weighted by atomic mass is 10.0. The molecular weight excluding hydrogens is 174 g/mol. The topological polar surface area (TPSA) is 20.2 Å². The molecule has 0 fully saturated rings. The van der Waals surface area contributed by atoms with E-state index in [1.54, 1.807) is 24.3 Å². The van der Waals surface area contributed by atoms with Crippen molar-refractivity contribution in [2.24, 2.45) is 0 Å². The lowest BCUT2D eigenvalue weighted by Crippen LogP contribution is -2.14. The van der Waals surface area contributed by atoms with Crippen LogP contribution in [0.3, 0.4) is 0 Å². The van der Waals surface area contributed by atoms with Gasteiger partial charge in [0.2, 0.25) is 5.92 Å². The van der Waals surface area contributed by atoms with E-state index in [0.717, 1.165) is 6.92 Å². The molecule has 0 aliphatic heterocycles. The predicted molar refractivity (Wildman–Crippen MR) is 46.7 cm³/mol. The normalized spacial score (nSPS) is 11.7. The molecule has 0 spiro atoms. The fourth-order valence-electron chi connectivity index (χ4n) is 1.22. The SMILES string of the molecule is CC(F)(F)Cc1ccccc1CO. The fourth-order valence-corrected chi connectivity index (χ4v) is 1.22. The monoisotopic (exact) mass is 186 g/mol. The maximum absolute atomic E-state index is 12.6. The summed E-state index contributed by atoms with van der Waals surface area (Å²) in [5, 5.41) is 8.87. The van der Waals surface area contributed by atoms with E-state index in [1.165, 1.54) is 0 Å². The molecule has 0 bridgehead atoms. The molecular formula is C10H12F2O. The summed E-state index contributed by atoms with van der Waals surface area (Å²) in [7, 11) is 0. The minimum Gasteiger partial charge on any atom is -0.392 e. The van der Waals surface area contributed by atoms with E-state index in [9.17, 15) is 8.78 Å². The zero-order chi connectivity index (χ0) is 9.90. The Morgan fingerprint density at radius 1 is 1.23 bits per heavy atom. The van der Waals surface area contributed by atoms with Gasteiger partial charge in [0.25, 0.3) is 0 Å². The lowest BCUT2D eigenvalue weighted by Gasteiger charge is -2.12. The van der Waals surface area contributed by atoms with Crippen molar-refractivity contribution < 1.29 is 13.9 Å². The van der Waals surface area contributed by atoms with E-state index in [1.807, 2.05) is 0 Å². The number of benzene rings is 1. The van der Waals surface area contributed by atoms with Crippen LogP contribution in [0.15, 0.2) is 24.3 Å². The van der Waals surface area contributed by atoms with Crippen molar-refractivity contribution in [1.29, 1.82) is 0 Å². The van der Waals surface area contributed by atoms with Crippen molar-refractivity contribution in [2.75, 3.05) is 0 Å². The van der Waals surface area contributed by atoms with Gasteiger partial charge in [0.1, 0.15) is 0 Å². The van der Waals surface area contributed by atoms with Crippen LogP contribution in [0.25, 0.3) is 0 Å². The molecule has 1 N–H and O–H groups in total. The Kier molecular flexibility index (Phi) is 2.98. The average Bonchev–Trinajstić information content (AvgIpc) is 2.02. The predicted octanol–water partition coefficient (Wildman–Crippen LogP) is 2.38. The molecule has 0 saturated carbocycles. The second-order valence-corrected chi connectivity index (χ2v) is 3.17. The second kappa shape index (κ2) is 3.83. The molecule has 0 heterocycles. The van der Waals surface area contributed by atoms with Crippen LogP contribution >= 0.6 is 0 Å². The molecule has 0 aliphatic carbocycles. The van der Waals surface area contributed by atoms with Crippen molar-refractivity contribution in [3.05, 3.63) is 35.4 Å². The number of hydrogen-bond donors (Lipinski definition) is 1. The molecule has 3 heteroatoms. The molecule has 13 heavy (non-hydrogen) atoms. The van der Waals surface area contributed by atoms with Gasteiger partial charge in [0.05, 0.1) is 6.61 Å². The highest BCUT2D eigenvalue weighted by atomic mass is 19.3. The zero-order valence-corrected chi connectivity index (χ0v) is 7.43. The van der Waals surface area contributed by atoms with Gasteiger partial charge in [0, 0.05) is 6.42 Å². The Morgan fingerprint density at radius 3 is 2.23 bits per heavy atom. The Morgan fingerprint density at radius 2 is 1.77 bits per heavy atom. The van der Waals surface area contributed by atoms with E-state index >= 15 is 0 Å². The molecule has 0 saturated heterocycles. The van der Waals surface area contributed by atoms with Gasteiger partial charge in [-0.25, -0.2) is 8.78 Å². The molecule has 1 aromatic carbocycles. The Labute approximate surface area is 76.0 Å². The smallest absolute Gasteiger partial charge is 0.249 e. The third-order valence-corrected chi connectivity index (χ3v) is 1.79. The molecule has 0 radical (unpaired) electrons. The van der Waals surface area contributed by atoms with Crippen molar-refractivity contribution >= 4 is 0 Å². The third kappa shape index (κ3) is 3.11. The van der Waals surface area contributed by atoms with Crippen LogP contribution in [0.5, 0.6) is 0 Å². The maximum Gasteiger partial charge on any atom is 0.249 e. The van der Waals surface area contributed by atoms with Gasteiger partial charge < -0.3 is 5.11 Å². The summed E-state index contributed by atoms with van der Waals surface area (Å²) in [6.07, 6.45) is -0.316. The highest BCUT2D eigenvalue weighted by Crippen LogP contribution is 2.21. The Balaban J connectivity index is 2.87. The number of aliphatic hydroxyl groups excluding tert-OH is 1. The van der Waals surface area contributed by atoms with Gasteiger partial charge in [-0.05, 0) is 18.1 Å². The minimum atomic E-state index is -2.72. The first-order chi connectivity index (χ1) is 6.03. The van der Waals surface area contributed by atoms with Crippen LogP contribution in [-0.4, -0.2) is 11.0 Å². The zero-order valence-electron chi connectivity index (χ0n) is 7.43. The molecule has 0 atom stereocenters. The average molecular weight is 186 g/mol.